The van der Waals surface area contributed by atoms with Gasteiger partial charge in [-0.1, -0.05) is 44.2 Å². The Morgan fingerprint density at radius 1 is 1.13 bits per heavy atom. The predicted octanol–water partition coefficient (Wildman–Crippen LogP) is 2.02. The summed E-state index contributed by atoms with van der Waals surface area (Å²) in [6, 6.07) is 12.0. The van der Waals surface area contributed by atoms with Crippen molar-refractivity contribution in [3.8, 4) is 0 Å². The number of rotatable bonds is 7. The Kier molecular flexibility index (Phi) is 6.72. The normalized spacial score (nSPS) is 17.3. The van der Waals surface area contributed by atoms with Crippen LogP contribution < -0.4 is 16.4 Å². The van der Waals surface area contributed by atoms with Gasteiger partial charge in [-0.25, -0.2) is 0 Å². The molecule has 2 atom stereocenters. The van der Waals surface area contributed by atoms with E-state index in [2.05, 4.69) is 0 Å². The highest BCUT2D eigenvalue weighted by Crippen LogP contribution is 2.29. The second-order valence-corrected chi connectivity index (χ2v) is 8.24. The van der Waals surface area contributed by atoms with E-state index >= 15 is 0 Å². The third kappa shape index (κ3) is 4.46. The molecule has 1 fully saturated rings. The lowest BCUT2D eigenvalue weighted by Crippen LogP contribution is -2.56. The average Bonchev–Trinajstić information content (AvgIpc) is 3.22. The van der Waals surface area contributed by atoms with E-state index in [1.54, 1.807) is 0 Å². The van der Waals surface area contributed by atoms with Crippen LogP contribution in [0.2, 0.25) is 0 Å². The molecule has 2 aromatic carbocycles. The number of hydrogen-bond acceptors (Lipinski definition) is 4. The molecule has 2 aromatic rings. The van der Waals surface area contributed by atoms with Gasteiger partial charge in [-0.05, 0) is 48.1 Å². The van der Waals surface area contributed by atoms with Crippen molar-refractivity contribution in [1.82, 2.24) is 4.90 Å². The standard InChI is InChI=1S/C23H30N4O3/c1-15(2)12-20(22(25)29)27(18-10-9-16-6-3-4-7-17(16)13-18)23(30)19-8-5-11-26(19)21(28)14-24/h3-4,6-7,9-10,13,15,19-20H,5,8,11-12,14,24H2,1-2H3,(H2,25,29)/t19-,20-/m0/s1. The van der Waals surface area contributed by atoms with Gasteiger partial charge < -0.3 is 16.4 Å². The van der Waals surface area contributed by atoms with Gasteiger partial charge in [0.15, 0.2) is 0 Å². The molecule has 7 nitrogen and oxygen atoms in total. The summed E-state index contributed by atoms with van der Waals surface area (Å²) >= 11 is 0. The highest BCUT2D eigenvalue weighted by molar-refractivity contribution is 6.05. The molecule has 7 heteroatoms. The first-order valence-corrected chi connectivity index (χ1v) is 10.4. The van der Waals surface area contributed by atoms with E-state index in [1.165, 1.54) is 9.80 Å². The third-order valence-corrected chi connectivity index (χ3v) is 5.62. The van der Waals surface area contributed by atoms with Crippen LogP contribution in [0, 0.1) is 5.92 Å². The number of amides is 3. The second-order valence-electron chi connectivity index (χ2n) is 8.24. The first kappa shape index (κ1) is 21.8. The van der Waals surface area contributed by atoms with Crippen LogP contribution in [0.25, 0.3) is 10.8 Å². The monoisotopic (exact) mass is 410 g/mol. The highest BCUT2D eigenvalue weighted by Gasteiger charge is 2.40. The summed E-state index contributed by atoms with van der Waals surface area (Å²) in [5, 5.41) is 2.00. The smallest absolute Gasteiger partial charge is 0.250 e. The molecular formula is C23H30N4O3. The molecule has 3 rings (SSSR count). The summed E-state index contributed by atoms with van der Waals surface area (Å²) in [7, 11) is 0. The molecule has 1 saturated heterocycles. The lowest BCUT2D eigenvalue weighted by atomic mass is 9.99. The maximum Gasteiger partial charge on any atom is 0.250 e. The van der Waals surface area contributed by atoms with Crippen LogP contribution in [-0.2, 0) is 14.4 Å². The van der Waals surface area contributed by atoms with Crippen LogP contribution in [0.4, 0.5) is 5.69 Å². The summed E-state index contributed by atoms with van der Waals surface area (Å²) in [5.41, 5.74) is 11.9. The van der Waals surface area contributed by atoms with Crippen molar-refractivity contribution >= 4 is 34.2 Å². The molecule has 1 aliphatic rings. The number of carbonyl (C=O) groups is 3. The first-order chi connectivity index (χ1) is 14.3. The Morgan fingerprint density at radius 2 is 1.83 bits per heavy atom. The zero-order valence-corrected chi connectivity index (χ0v) is 17.6. The summed E-state index contributed by atoms with van der Waals surface area (Å²) < 4.78 is 0. The fraction of sp³-hybridized carbons (Fsp3) is 0.435. The molecule has 0 aromatic heterocycles. The predicted molar refractivity (Wildman–Crippen MR) is 118 cm³/mol. The van der Waals surface area contributed by atoms with E-state index in [0.717, 1.165) is 17.2 Å². The molecule has 0 saturated carbocycles. The van der Waals surface area contributed by atoms with Gasteiger partial charge in [0.2, 0.25) is 11.8 Å². The Bertz CT molecular complexity index is 943. The molecule has 1 aliphatic heterocycles. The largest absolute Gasteiger partial charge is 0.368 e. The van der Waals surface area contributed by atoms with Gasteiger partial charge >= 0.3 is 0 Å². The Morgan fingerprint density at radius 3 is 2.47 bits per heavy atom. The van der Waals surface area contributed by atoms with Gasteiger partial charge in [-0.15, -0.1) is 0 Å². The fourth-order valence-corrected chi connectivity index (χ4v) is 4.18. The van der Waals surface area contributed by atoms with Crippen molar-refractivity contribution in [3.63, 3.8) is 0 Å². The van der Waals surface area contributed by atoms with Gasteiger partial charge in [-0.2, -0.15) is 0 Å². The quantitative estimate of drug-likeness (QED) is 0.728. The van der Waals surface area contributed by atoms with Crippen LogP contribution in [0.15, 0.2) is 42.5 Å². The van der Waals surface area contributed by atoms with E-state index in [4.69, 9.17) is 11.5 Å². The molecular weight excluding hydrogens is 380 g/mol. The van der Waals surface area contributed by atoms with Crippen molar-refractivity contribution in [2.75, 3.05) is 18.0 Å². The minimum Gasteiger partial charge on any atom is -0.368 e. The number of carbonyl (C=O) groups excluding carboxylic acids is 3. The van der Waals surface area contributed by atoms with Gasteiger partial charge in [0, 0.05) is 12.2 Å². The topological polar surface area (TPSA) is 110 Å². The van der Waals surface area contributed by atoms with Crippen LogP contribution in [-0.4, -0.2) is 47.8 Å². The number of nitrogens with zero attached hydrogens (tertiary/aromatic N) is 2. The van der Waals surface area contributed by atoms with Crippen LogP contribution in [0.5, 0.6) is 0 Å². The number of likely N-dealkylation sites (tertiary alicyclic amines) is 1. The van der Waals surface area contributed by atoms with E-state index in [9.17, 15) is 14.4 Å². The number of primary amides is 1. The number of benzene rings is 2. The van der Waals surface area contributed by atoms with E-state index in [0.29, 0.717) is 25.1 Å². The van der Waals surface area contributed by atoms with Gasteiger partial charge in [0.1, 0.15) is 12.1 Å². The maximum absolute atomic E-state index is 13.7. The van der Waals surface area contributed by atoms with Crippen molar-refractivity contribution < 1.29 is 14.4 Å². The van der Waals surface area contributed by atoms with Crippen LogP contribution in [0.1, 0.15) is 33.1 Å². The highest BCUT2D eigenvalue weighted by atomic mass is 16.2. The van der Waals surface area contributed by atoms with Crippen LogP contribution in [0.3, 0.4) is 0 Å². The van der Waals surface area contributed by atoms with E-state index < -0.39 is 18.0 Å². The zero-order chi connectivity index (χ0) is 21.8. The minimum absolute atomic E-state index is 0.148. The SMILES string of the molecule is CC(C)C[C@@H](C(N)=O)N(C(=O)[C@@H]1CCCN1C(=O)CN)c1ccc2ccccc2c1. The molecule has 0 spiro atoms. The van der Waals surface area contributed by atoms with Gasteiger partial charge in [0.25, 0.3) is 5.91 Å². The molecule has 0 radical (unpaired) electrons. The number of hydrogen-bond donors (Lipinski definition) is 2. The number of anilines is 1. The Hall–Kier alpha value is -2.93. The van der Waals surface area contributed by atoms with Crippen molar-refractivity contribution in [2.24, 2.45) is 17.4 Å². The summed E-state index contributed by atoms with van der Waals surface area (Å²) in [5.74, 6) is -0.943. The zero-order valence-electron chi connectivity index (χ0n) is 17.6. The molecule has 0 unspecified atom stereocenters. The van der Waals surface area contributed by atoms with E-state index in [-0.39, 0.29) is 24.3 Å². The summed E-state index contributed by atoms with van der Waals surface area (Å²) in [4.78, 5) is 41.5. The fourth-order valence-electron chi connectivity index (χ4n) is 4.18. The third-order valence-electron chi connectivity index (χ3n) is 5.62. The Labute approximate surface area is 177 Å². The molecule has 0 aliphatic carbocycles. The summed E-state index contributed by atoms with van der Waals surface area (Å²) in [6.45, 7) is 4.31. The summed E-state index contributed by atoms with van der Waals surface area (Å²) in [6.07, 6.45) is 1.70. The molecule has 30 heavy (non-hydrogen) atoms. The lowest BCUT2D eigenvalue weighted by molar-refractivity contribution is -0.136. The Balaban J connectivity index is 2.07. The lowest BCUT2D eigenvalue weighted by Gasteiger charge is -2.35. The number of fused-ring (bicyclic) bond motifs is 1. The van der Waals surface area contributed by atoms with Gasteiger partial charge in [0.05, 0.1) is 6.54 Å². The second kappa shape index (κ2) is 9.26. The molecule has 4 N–H and O–H groups in total. The maximum atomic E-state index is 13.7. The average molecular weight is 411 g/mol. The van der Waals surface area contributed by atoms with Gasteiger partial charge in [-0.3, -0.25) is 19.3 Å². The van der Waals surface area contributed by atoms with E-state index in [1.807, 2.05) is 56.3 Å². The number of nitrogens with two attached hydrogens (primary N) is 2. The molecule has 3 amide bonds. The molecule has 160 valence electrons. The van der Waals surface area contributed by atoms with Crippen molar-refractivity contribution in [3.05, 3.63) is 42.5 Å². The minimum atomic E-state index is -0.797. The van der Waals surface area contributed by atoms with Crippen molar-refractivity contribution in [2.45, 2.75) is 45.2 Å². The first-order valence-electron chi connectivity index (χ1n) is 10.4. The molecule has 0 bridgehead atoms. The van der Waals surface area contributed by atoms with Crippen molar-refractivity contribution in [1.29, 1.82) is 0 Å². The van der Waals surface area contributed by atoms with Crippen LogP contribution >= 0.6 is 0 Å². The molecule has 1 heterocycles.